The van der Waals surface area contributed by atoms with Gasteiger partial charge in [-0.3, -0.25) is 9.59 Å². The molecule has 0 unspecified atom stereocenters. The summed E-state index contributed by atoms with van der Waals surface area (Å²) in [7, 11) is 0. The summed E-state index contributed by atoms with van der Waals surface area (Å²) in [5.41, 5.74) is 0.673. The minimum atomic E-state index is -0.191. The predicted octanol–water partition coefficient (Wildman–Crippen LogP) is 1.40. The second-order valence-corrected chi connectivity index (χ2v) is 7.06. The topological polar surface area (TPSA) is 41.8 Å². The third-order valence-electron chi connectivity index (χ3n) is 4.62. The maximum absolute atomic E-state index is 12.7. The molecule has 1 aromatic carbocycles. The lowest BCUT2D eigenvalue weighted by atomic mass is 9.97. The molecule has 2 aliphatic rings. The monoisotopic (exact) mass is 351 g/mol. The van der Waals surface area contributed by atoms with Crippen molar-refractivity contribution in [3.8, 4) is 0 Å². The summed E-state index contributed by atoms with van der Waals surface area (Å²) in [6, 6.07) is 7.19. The van der Waals surface area contributed by atoms with Crippen LogP contribution in [-0.2, 0) is 9.59 Å². The Bertz CT molecular complexity index is 567. The van der Waals surface area contributed by atoms with Gasteiger partial charge in [-0.15, -0.1) is 0 Å². The Labute approximate surface area is 133 Å². The van der Waals surface area contributed by atoms with Gasteiger partial charge in [-0.2, -0.15) is 0 Å². The van der Waals surface area contributed by atoms with Crippen LogP contribution in [0, 0.1) is 5.92 Å². The van der Waals surface area contributed by atoms with Crippen molar-refractivity contribution in [2.75, 3.05) is 18.0 Å². The maximum atomic E-state index is 12.7. The van der Waals surface area contributed by atoms with Gasteiger partial charge in [0.1, 0.15) is 0 Å². The van der Waals surface area contributed by atoms with Crippen molar-refractivity contribution in [1.82, 2.24) is 0 Å². The van der Waals surface area contributed by atoms with Gasteiger partial charge < -0.3 is 4.90 Å². The Hall–Kier alpha value is -1.20. The van der Waals surface area contributed by atoms with Crippen LogP contribution in [0.15, 0.2) is 28.7 Å². The van der Waals surface area contributed by atoms with Crippen LogP contribution >= 0.6 is 15.9 Å². The van der Waals surface area contributed by atoms with E-state index in [1.54, 1.807) is 0 Å². The zero-order valence-corrected chi connectivity index (χ0v) is 13.7. The lowest BCUT2D eigenvalue weighted by Crippen LogP contribution is -3.17. The average Bonchev–Trinajstić information content (AvgIpc) is 2.75. The summed E-state index contributed by atoms with van der Waals surface area (Å²) >= 11 is 3.39. The van der Waals surface area contributed by atoms with Gasteiger partial charge in [0.2, 0.25) is 5.91 Å². The van der Waals surface area contributed by atoms with Gasteiger partial charge in [0.15, 0.2) is 6.04 Å². The predicted molar refractivity (Wildman–Crippen MR) is 84.1 cm³/mol. The Morgan fingerprint density at radius 3 is 2.62 bits per heavy atom. The number of halogens is 1. The zero-order valence-electron chi connectivity index (χ0n) is 12.1. The molecule has 4 nitrogen and oxygen atoms in total. The van der Waals surface area contributed by atoms with Crippen molar-refractivity contribution in [1.29, 1.82) is 0 Å². The SMILES string of the molecule is CC1CC[NH+]([C@H]2CC(=O)N(c3cccc(Br)c3)C2=O)CC1. The summed E-state index contributed by atoms with van der Waals surface area (Å²) in [5.74, 6) is 0.624. The highest BCUT2D eigenvalue weighted by Crippen LogP contribution is 2.25. The van der Waals surface area contributed by atoms with Gasteiger partial charge in [-0.1, -0.05) is 28.9 Å². The number of nitrogens with one attached hydrogen (secondary N) is 1. The van der Waals surface area contributed by atoms with Crippen LogP contribution < -0.4 is 9.80 Å². The van der Waals surface area contributed by atoms with Gasteiger partial charge in [0.25, 0.3) is 5.91 Å². The second-order valence-electron chi connectivity index (χ2n) is 6.14. The molecular weight excluding hydrogens is 332 g/mol. The highest BCUT2D eigenvalue weighted by molar-refractivity contribution is 9.10. The molecule has 0 spiro atoms. The van der Waals surface area contributed by atoms with E-state index in [-0.39, 0.29) is 17.9 Å². The van der Waals surface area contributed by atoms with E-state index in [1.807, 2.05) is 24.3 Å². The number of carbonyl (C=O) groups excluding carboxylic acids is 2. The van der Waals surface area contributed by atoms with Gasteiger partial charge in [0.05, 0.1) is 25.2 Å². The molecule has 2 heterocycles. The fraction of sp³-hybridized carbons (Fsp3) is 0.500. The number of imide groups is 1. The number of nitrogens with zero attached hydrogens (tertiary/aromatic N) is 1. The molecule has 0 aliphatic carbocycles. The third-order valence-corrected chi connectivity index (χ3v) is 5.12. The minimum Gasteiger partial charge on any atom is -0.324 e. The average molecular weight is 352 g/mol. The van der Waals surface area contributed by atoms with Gasteiger partial charge in [-0.05, 0) is 37.0 Å². The van der Waals surface area contributed by atoms with Crippen molar-refractivity contribution < 1.29 is 14.5 Å². The first-order valence-electron chi connectivity index (χ1n) is 7.53. The van der Waals surface area contributed by atoms with Crippen LogP contribution in [0.1, 0.15) is 26.2 Å². The largest absolute Gasteiger partial charge is 0.324 e. The van der Waals surface area contributed by atoms with Crippen molar-refractivity contribution in [3.05, 3.63) is 28.7 Å². The first-order chi connectivity index (χ1) is 10.1. The highest BCUT2D eigenvalue weighted by Gasteiger charge is 2.46. The molecule has 5 heteroatoms. The van der Waals surface area contributed by atoms with Crippen LogP contribution in [0.4, 0.5) is 5.69 Å². The molecule has 0 saturated carbocycles. The second kappa shape index (κ2) is 5.89. The molecule has 1 N–H and O–H groups in total. The molecule has 3 rings (SSSR count). The fourth-order valence-electron chi connectivity index (χ4n) is 3.32. The highest BCUT2D eigenvalue weighted by atomic mass is 79.9. The van der Waals surface area contributed by atoms with Crippen LogP contribution in [0.2, 0.25) is 0 Å². The molecule has 0 radical (unpaired) electrons. The van der Waals surface area contributed by atoms with Gasteiger partial charge >= 0.3 is 0 Å². The van der Waals surface area contributed by atoms with E-state index < -0.39 is 0 Å². The fourth-order valence-corrected chi connectivity index (χ4v) is 3.71. The van der Waals surface area contributed by atoms with E-state index >= 15 is 0 Å². The summed E-state index contributed by atoms with van der Waals surface area (Å²) in [6.07, 6.45) is 2.63. The smallest absolute Gasteiger partial charge is 0.292 e. The quantitative estimate of drug-likeness (QED) is 0.818. The third kappa shape index (κ3) is 2.90. The molecule has 0 bridgehead atoms. The maximum Gasteiger partial charge on any atom is 0.292 e. The van der Waals surface area contributed by atoms with E-state index in [2.05, 4.69) is 22.9 Å². The van der Waals surface area contributed by atoms with E-state index in [1.165, 1.54) is 9.80 Å². The minimum absolute atomic E-state index is 0.0392. The lowest BCUT2D eigenvalue weighted by Gasteiger charge is -2.30. The lowest BCUT2D eigenvalue weighted by molar-refractivity contribution is -0.920. The molecule has 1 atom stereocenters. The molecular formula is C16H20BrN2O2+. The first kappa shape index (κ1) is 14.7. The summed E-state index contributed by atoms with van der Waals surface area (Å²) in [5, 5.41) is 0. The molecule has 2 amide bonds. The van der Waals surface area contributed by atoms with Crippen molar-refractivity contribution >= 4 is 33.4 Å². The number of likely N-dealkylation sites (tertiary alicyclic amines) is 1. The van der Waals surface area contributed by atoms with Crippen LogP contribution in [-0.4, -0.2) is 30.9 Å². The number of benzene rings is 1. The molecule has 2 saturated heterocycles. The van der Waals surface area contributed by atoms with Crippen LogP contribution in [0.3, 0.4) is 0 Å². The molecule has 21 heavy (non-hydrogen) atoms. The first-order valence-corrected chi connectivity index (χ1v) is 8.32. The number of hydrogen-bond donors (Lipinski definition) is 1. The Morgan fingerprint density at radius 1 is 1.24 bits per heavy atom. The standard InChI is InChI=1S/C16H19BrN2O2/c1-11-5-7-18(8-6-11)14-10-15(20)19(16(14)21)13-4-2-3-12(17)9-13/h2-4,9,11,14H,5-8,10H2,1H3/p+1/t14-/m0/s1. The van der Waals surface area contributed by atoms with E-state index in [4.69, 9.17) is 0 Å². The van der Waals surface area contributed by atoms with Crippen molar-refractivity contribution in [3.63, 3.8) is 0 Å². The number of piperidine rings is 1. The molecule has 0 aromatic heterocycles. The molecule has 2 fully saturated rings. The number of quaternary nitrogens is 1. The van der Waals surface area contributed by atoms with E-state index in [9.17, 15) is 9.59 Å². The molecule has 112 valence electrons. The number of amides is 2. The van der Waals surface area contributed by atoms with E-state index in [0.717, 1.165) is 36.3 Å². The Morgan fingerprint density at radius 2 is 1.95 bits per heavy atom. The van der Waals surface area contributed by atoms with Crippen LogP contribution in [0.25, 0.3) is 0 Å². The normalized spacial score (nSPS) is 30.0. The van der Waals surface area contributed by atoms with Gasteiger partial charge in [0, 0.05) is 4.47 Å². The summed E-state index contributed by atoms with van der Waals surface area (Å²) < 4.78 is 0.878. The van der Waals surface area contributed by atoms with Crippen molar-refractivity contribution in [2.45, 2.75) is 32.2 Å². The molecule has 1 aromatic rings. The molecule has 2 aliphatic heterocycles. The van der Waals surface area contributed by atoms with E-state index in [0.29, 0.717) is 12.1 Å². The van der Waals surface area contributed by atoms with Crippen LogP contribution in [0.5, 0.6) is 0 Å². The number of hydrogen-bond acceptors (Lipinski definition) is 2. The zero-order chi connectivity index (χ0) is 15.0. The summed E-state index contributed by atoms with van der Waals surface area (Å²) in [6.45, 7) is 4.25. The number of anilines is 1. The van der Waals surface area contributed by atoms with Crippen molar-refractivity contribution in [2.24, 2.45) is 5.92 Å². The number of rotatable bonds is 2. The number of carbonyl (C=O) groups is 2. The Kier molecular flexibility index (Phi) is 4.13. The summed E-state index contributed by atoms with van der Waals surface area (Å²) in [4.78, 5) is 27.6. The Balaban J connectivity index is 1.79. The van der Waals surface area contributed by atoms with Gasteiger partial charge in [-0.25, -0.2) is 4.90 Å².